The van der Waals surface area contributed by atoms with Crippen molar-refractivity contribution in [2.75, 3.05) is 0 Å². The number of hydrogen-bond acceptors (Lipinski definition) is 4. The minimum Gasteiger partial charge on any atom is -0.477 e. The number of azo groups is 1. The average molecular weight is 128 g/mol. The molecule has 0 saturated heterocycles. The van der Waals surface area contributed by atoms with Gasteiger partial charge in [0, 0.05) is 6.08 Å². The molecule has 1 atom stereocenters. The van der Waals surface area contributed by atoms with Crippen LogP contribution < -0.4 is 0 Å². The third-order valence-corrected chi connectivity index (χ3v) is 0.899. The van der Waals surface area contributed by atoms with Crippen molar-refractivity contribution in [3.8, 4) is 0 Å². The van der Waals surface area contributed by atoms with Crippen molar-refractivity contribution < 1.29 is 15.0 Å². The number of aliphatic hydroxyl groups is 1. The van der Waals surface area contributed by atoms with Gasteiger partial charge in [0.1, 0.15) is 0 Å². The number of carboxylic acid groups (broad SMARTS) is 1. The lowest BCUT2D eigenvalue weighted by Gasteiger charge is -2.05. The lowest BCUT2D eigenvalue weighted by atomic mass is 10.2. The molecule has 5 heteroatoms. The molecule has 0 saturated carbocycles. The Morgan fingerprint density at radius 3 is 2.56 bits per heavy atom. The van der Waals surface area contributed by atoms with Gasteiger partial charge in [-0.25, -0.2) is 4.79 Å². The molecule has 1 unspecified atom stereocenters. The van der Waals surface area contributed by atoms with Gasteiger partial charge in [0.2, 0.25) is 0 Å². The Kier molecular flexibility index (Phi) is 1.07. The van der Waals surface area contributed by atoms with E-state index in [9.17, 15) is 4.79 Å². The molecule has 0 aliphatic carbocycles. The zero-order valence-electron chi connectivity index (χ0n) is 4.35. The lowest BCUT2D eigenvalue weighted by Crippen LogP contribution is -2.31. The normalized spacial score (nSPS) is 31.2. The Balaban J connectivity index is 2.88. The maximum absolute atomic E-state index is 10.1. The first kappa shape index (κ1) is 5.90. The Labute approximate surface area is 50.3 Å². The third kappa shape index (κ3) is 0.812. The van der Waals surface area contributed by atoms with Gasteiger partial charge in [0.05, 0.1) is 6.20 Å². The molecule has 1 rings (SSSR count). The van der Waals surface area contributed by atoms with E-state index in [1.807, 2.05) is 0 Å². The first-order valence-electron chi connectivity index (χ1n) is 2.21. The van der Waals surface area contributed by atoms with E-state index in [4.69, 9.17) is 10.2 Å². The van der Waals surface area contributed by atoms with E-state index in [0.717, 1.165) is 12.3 Å². The maximum atomic E-state index is 10.1. The zero-order valence-corrected chi connectivity index (χ0v) is 4.35. The fraction of sp³-hybridized carbons (Fsp3) is 0.250. The summed E-state index contributed by atoms with van der Waals surface area (Å²) in [6, 6.07) is 0. The predicted octanol–water partition coefficient (Wildman–Crippen LogP) is -0.261. The minimum atomic E-state index is -2.11. The summed E-state index contributed by atoms with van der Waals surface area (Å²) in [4.78, 5) is 10.1. The number of aliphatic carboxylic acids is 1. The predicted molar refractivity (Wildman–Crippen MR) is 26.6 cm³/mol. The molecule has 0 radical (unpaired) electrons. The molecule has 0 aromatic rings. The van der Waals surface area contributed by atoms with Gasteiger partial charge in [-0.1, -0.05) is 0 Å². The van der Waals surface area contributed by atoms with E-state index in [0.29, 0.717) is 0 Å². The van der Waals surface area contributed by atoms with Crippen LogP contribution in [0.4, 0.5) is 0 Å². The molecular formula is C4H4N2O3. The average Bonchev–Trinajstić information content (AvgIpc) is 2.16. The van der Waals surface area contributed by atoms with Gasteiger partial charge in [-0.15, -0.1) is 5.11 Å². The SMILES string of the molecule is O=C(O)C1(O)C=CN=N1. The van der Waals surface area contributed by atoms with Gasteiger partial charge in [-0.05, 0) is 0 Å². The van der Waals surface area contributed by atoms with Gasteiger partial charge in [-0.3, -0.25) is 0 Å². The molecular weight excluding hydrogens is 124 g/mol. The number of rotatable bonds is 1. The highest BCUT2D eigenvalue weighted by atomic mass is 16.4. The summed E-state index contributed by atoms with van der Waals surface area (Å²) >= 11 is 0. The van der Waals surface area contributed by atoms with E-state index in [1.165, 1.54) is 0 Å². The van der Waals surface area contributed by atoms with E-state index in [1.54, 1.807) is 0 Å². The largest absolute Gasteiger partial charge is 0.477 e. The van der Waals surface area contributed by atoms with Crippen LogP contribution in [0, 0.1) is 0 Å². The van der Waals surface area contributed by atoms with Crippen molar-refractivity contribution in [1.29, 1.82) is 0 Å². The Bertz CT molecular complexity index is 184. The summed E-state index contributed by atoms with van der Waals surface area (Å²) in [5.74, 6) is -1.42. The van der Waals surface area contributed by atoms with Crippen molar-refractivity contribution in [3.63, 3.8) is 0 Å². The van der Waals surface area contributed by atoms with Crippen molar-refractivity contribution in [2.45, 2.75) is 5.72 Å². The fourth-order valence-electron chi connectivity index (χ4n) is 0.406. The molecule has 0 bridgehead atoms. The summed E-state index contributed by atoms with van der Waals surface area (Å²) in [6.07, 6.45) is 2.13. The van der Waals surface area contributed by atoms with Crippen LogP contribution in [0.15, 0.2) is 22.5 Å². The second kappa shape index (κ2) is 1.63. The smallest absolute Gasteiger partial charge is 0.365 e. The Hall–Kier alpha value is -1.23. The second-order valence-electron chi connectivity index (χ2n) is 1.56. The highest BCUT2D eigenvalue weighted by molar-refractivity contribution is 5.79. The lowest BCUT2D eigenvalue weighted by molar-refractivity contribution is -0.152. The quantitative estimate of drug-likeness (QED) is 0.510. The first-order chi connectivity index (χ1) is 4.15. The summed E-state index contributed by atoms with van der Waals surface area (Å²) in [7, 11) is 0. The van der Waals surface area contributed by atoms with E-state index >= 15 is 0 Å². The fourth-order valence-corrected chi connectivity index (χ4v) is 0.406. The molecule has 1 heterocycles. The van der Waals surface area contributed by atoms with Gasteiger partial charge in [0.25, 0.3) is 5.72 Å². The topological polar surface area (TPSA) is 82.2 Å². The van der Waals surface area contributed by atoms with Gasteiger partial charge in [-0.2, -0.15) is 5.11 Å². The zero-order chi connectivity index (χ0) is 6.91. The molecule has 0 spiro atoms. The number of nitrogens with zero attached hydrogens (tertiary/aromatic N) is 2. The molecule has 0 aromatic carbocycles. The molecule has 5 nitrogen and oxygen atoms in total. The van der Waals surface area contributed by atoms with Gasteiger partial charge < -0.3 is 10.2 Å². The van der Waals surface area contributed by atoms with E-state index < -0.39 is 11.7 Å². The standard InChI is InChI=1S/C4H4N2O3/c7-3(8)4(9)1-2-5-6-4/h1-2,9H,(H,7,8). The monoisotopic (exact) mass is 128 g/mol. The van der Waals surface area contributed by atoms with Gasteiger partial charge >= 0.3 is 5.97 Å². The van der Waals surface area contributed by atoms with E-state index in [2.05, 4.69) is 10.2 Å². The molecule has 9 heavy (non-hydrogen) atoms. The van der Waals surface area contributed by atoms with Crippen molar-refractivity contribution >= 4 is 5.97 Å². The third-order valence-electron chi connectivity index (χ3n) is 0.899. The molecule has 1 aliphatic rings. The summed E-state index contributed by atoms with van der Waals surface area (Å²) in [5.41, 5.74) is -2.11. The minimum absolute atomic E-state index is 0.995. The number of carbonyl (C=O) groups is 1. The molecule has 2 N–H and O–H groups in total. The van der Waals surface area contributed by atoms with Crippen LogP contribution in [0.1, 0.15) is 0 Å². The number of carboxylic acids is 1. The van der Waals surface area contributed by atoms with Crippen LogP contribution in [-0.2, 0) is 4.79 Å². The van der Waals surface area contributed by atoms with Crippen LogP contribution >= 0.6 is 0 Å². The summed E-state index contributed by atoms with van der Waals surface area (Å²) in [6.45, 7) is 0. The van der Waals surface area contributed by atoms with Crippen LogP contribution in [-0.4, -0.2) is 21.9 Å². The molecule has 0 fully saturated rings. The molecule has 1 aliphatic heterocycles. The number of hydrogen-bond donors (Lipinski definition) is 2. The Morgan fingerprint density at radius 2 is 2.33 bits per heavy atom. The van der Waals surface area contributed by atoms with E-state index in [-0.39, 0.29) is 0 Å². The summed E-state index contributed by atoms with van der Waals surface area (Å²) < 4.78 is 0. The van der Waals surface area contributed by atoms with Crippen molar-refractivity contribution in [3.05, 3.63) is 12.3 Å². The first-order valence-corrected chi connectivity index (χ1v) is 2.21. The van der Waals surface area contributed by atoms with Crippen molar-refractivity contribution in [1.82, 2.24) is 0 Å². The van der Waals surface area contributed by atoms with Crippen LogP contribution in [0.5, 0.6) is 0 Å². The molecule has 0 amide bonds. The molecule has 48 valence electrons. The Morgan fingerprint density at radius 1 is 1.67 bits per heavy atom. The highest BCUT2D eigenvalue weighted by Gasteiger charge is 2.35. The highest BCUT2D eigenvalue weighted by Crippen LogP contribution is 2.14. The maximum Gasteiger partial charge on any atom is 0.365 e. The summed E-state index contributed by atoms with van der Waals surface area (Å²) in [5, 5.41) is 23.2. The second-order valence-corrected chi connectivity index (χ2v) is 1.56. The molecule has 0 aromatic heterocycles. The van der Waals surface area contributed by atoms with Crippen LogP contribution in [0.25, 0.3) is 0 Å². The van der Waals surface area contributed by atoms with Crippen LogP contribution in [0.3, 0.4) is 0 Å². The van der Waals surface area contributed by atoms with Crippen LogP contribution in [0.2, 0.25) is 0 Å². The van der Waals surface area contributed by atoms with Crippen molar-refractivity contribution in [2.24, 2.45) is 10.2 Å². The van der Waals surface area contributed by atoms with Gasteiger partial charge in [0.15, 0.2) is 0 Å².